The molecule has 8 heteroatoms. The Morgan fingerprint density at radius 1 is 1.20 bits per heavy atom. The van der Waals surface area contributed by atoms with E-state index in [0.717, 1.165) is 22.6 Å². The number of fused-ring (bicyclic) bond motifs is 1. The van der Waals surface area contributed by atoms with Gasteiger partial charge in [-0.3, -0.25) is 4.79 Å². The molecule has 3 aromatic rings. The van der Waals surface area contributed by atoms with Gasteiger partial charge in [-0.25, -0.2) is 9.78 Å². The van der Waals surface area contributed by atoms with Crippen LogP contribution in [0.3, 0.4) is 0 Å². The lowest BCUT2D eigenvalue weighted by molar-refractivity contribution is -0.139. The minimum Gasteiger partial charge on any atom is -0.463 e. The van der Waals surface area contributed by atoms with Crippen LogP contribution in [0.4, 0.5) is 0 Å². The number of nitrogens with one attached hydrogen (secondary N) is 1. The first-order chi connectivity index (χ1) is 19.1. The van der Waals surface area contributed by atoms with Gasteiger partial charge < -0.3 is 19.4 Å². The Morgan fingerprint density at radius 3 is 2.67 bits per heavy atom. The highest BCUT2D eigenvalue weighted by atomic mass is 35.5. The van der Waals surface area contributed by atoms with E-state index < -0.39 is 23.4 Å². The number of hydrogen-bond donors (Lipinski definition) is 1. The first kappa shape index (κ1) is 28.1. The molecule has 7 nitrogen and oxygen atoms in total. The zero-order valence-corrected chi connectivity index (χ0v) is 24.5. The van der Waals surface area contributed by atoms with E-state index in [0.29, 0.717) is 53.4 Å². The molecular weight excluding hydrogens is 526 g/mol. The predicted molar refractivity (Wildman–Crippen MR) is 156 cm³/mol. The number of aromatic nitrogens is 2. The van der Waals surface area contributed by atoms with Crippen LogP contribution in [0, 0.1) is 12.3 Å². The average Bonchev–Trinajstić information content (AvgIpc) is 3.25. The number of ketones is 1. The molecule has 2 atom stereocenters. The Labute approximate surface area is 240 Å². The van der Waals surface area contributed by atoms with Crippen molar-refractivity contribution in [2.24, 2.45) is 5.41 Å². The van der Waals surface area contributed by atoms with Gasteiger partial charge in [-0.2, -0.15) is 0 Å². The zero-order valence-electron chi connectivity index (χ0n) is 23.7. The quantitative estimate of drug-likeness (QED) is 0.327. The number of imidazole rings is 1. The van der Waals surface area contributed by atoms with E-state index in [4.69, 9.17) is 21.1 Å². The Bertz CT molecular complexity index is 1530. The lowest BCUT2D eigenvalue weighted by Crippen LogP contribution is -2.43. The van der Waals surface area contributed by atoms with Crippen molar-refractivity contribution in [1.82, 2.24) is 14.9 Å². The van der Waals surface area contributed by atoms with Gasteiger partial charge in [0.2, 0.25) is 0 Å². The Morgan fingerprint density at radius 2 is 1.93 bits per heavy atom. The number of allylic oxidation sites excluding steroid dienone is 2. The van der Waals surface area contributed by atoms with Gasteiger partial charge in [-0.15, -0.1) is 0 Å². The molecule has 40 heavy (non-hydrogen) atoms. The number of dihydropyridines is 1. The van der Waals surface area contributed by atoms with E-state index in [1.54, 1.807) is 13.0 Å². The van der Waals surface area contributed by atoms with Crippen LogP contribution in [-0.4, -0.2) is 40.6 Å². The highest BCUT2D eigenvalue weighted by Gasteiger charge is 2.46. The number of para-hydroxylation sites is 2. The topological polar surface area (TPSA) is 82.4 Å². The molecule has 1 aromatic heterocycles. The van der Waals surface area contributed by atoms with Gasteiger partial charge in [-0.05, 0) is 57.4 Å². The highest BCUT2D eigenvalue weighted by Crippen LogP contribution is 2.48. The number of aryl methyl sites for hydroxylation is 1. The molecule has 5 rings (SSSR count). The maximum atomic E-state index is 13.9. The van der Waals surface area contributed by atoms with E-state index in [1.165, 1.54) is 0 Å². The summed E-state index contributed by atoms with van der Waals surface area (Å²) < 4.78 is 14.1. The smallest absolute Gasteiger partial charge is 0.336 e. The molecule has 0 fully saturated rings. The summed E-state index contributed by atoms with van der Waals surface area (Å²) in [6.07, 6.45) is 0.914. The van der Waals surface area contributed by atoms with Crippen molar-refractivity contribution in [3.63, 3.8) is 0 Å². The minimum atomic E-state index is -0.656. The first-order valence-electron chi connectivity index (χ1n) is 13.9. The molecule has 2 heterocycles. The van der Waals surface area contributed by atoms with Gasteiger partial charge in [0.05, 0.1) is 41.6 Å². The van der Waals surface area contributed by atoms with Gasteiger partial charge in [0.1, 0.15) is 5.82 Å². The third kappa shape index (κ3) is 5.08. The zero-order chi connectivity index (χ0) is 28.6. The van der Waals surface area contributed by atoms with Crippen LogP contribution in [0.25, 0.3) is 11.0 Å². The van der Waals surface area contributed by atoms with Crippen molar-refractivity contribution < 1.29 is 19.1 Å². The molecule has 0 bridgehead atoms. The number of carbonyl (C=O) groups is 2. The van der Waals surface area contributed by atoms with Gasteiger partial charge in [0.25, 0.3) is 0 Å². The number of rotatable bonds is 8. The summed E-state index contributed by atoms with van der Waals surface area (Å²) in [5.41, 5.74) is 4.55. The van der Waals surface area contributed by atoms with E-state index in [9.17, 15) is 9.59 Å². The van der Waals surface area contributed by atoms with Crippen molar-refractivity contribution >= 4 is 34.4 Å². The molecule has 1 aliphatic heterocycles. The fourth-order valence-corrected chi connectivity index (χ4v) is 6.06. The normalized spacial score (nSPS) is 19.4. The Balaban J connectivity index is 1.53. The second-order valence-corrected chi connectivity index (χ2v) is 11.5. The third-order valence-electron chi connectivity index (χ3n) is 7.98. The van der Waals surface area contributed by atoms with Crippen LogP contribution >= 0.6 is 11.6 Å². The number of hydrogen-bond acceptors (Lipinski definition) is 6. The van der Waals surface area contributed by atoms with Crippen LogP contribution in [0.2, 0.25) is 5.02 Å². The summed E-state index contributed by atoms with van der Waals surface area (Å²) in [4.78, 5) is 32.1. The summed E-state index contributed by atoms with van der Waals surface area (Å²) in [6, 6.07) is 15.4. The number of Topliss-reactive ketones (excluding diaryl/α,β-unsaturated/α-hetero) is 1. The maximum absolute atomic E-state index is 13.9. The molecule has 2 aliphatic rings. The summed E-state index contributed by atoms with van der Waals surface area (Å²) in [6.45, 7) is 10.8. The molecule has 0 spiro atoms. The lowest BCUT2D eigenvalue weighted by atomic mass is 9.67. The number of carbonyl (C=O) groups excluding carboxylic acids is 2. The molecule has 0 amide bonds. The van der Waals surface area contributed by atoms with Crippen molar-refractivity contribution in [2.45, 2.75) is 66.0 Å². The SMILES string of the molecule is CCOC(=O)C1=C(C(C)OCCn2c(C)nc3ccccc32)NC2=C(C(=O)C(C)(C)CC2)C1c1ccccc1Cl. The van der Waals surface area contributed by atoms with E-state index in [-0.39, 0.29) is 12.4 Å². The molecule has 0 radical (unpaired) electrons. The summed E-state index contributed by atoms with van der Waals surface area (Å²) in [7, 11) is 0. The van der Waals surface area contributed by atoms with E-state index >= 15 is 0 Å². The second-order valence-electron chi connectivity index (χ2n) is 11.0. The van der Waals surface area contributed by atoms with Gasteiger partial charge in [-0.1, -0.05) is 55.8 Å². The van der Waals surface area contributed by atoms with Gasteiger partial charge >= 0.3 is 5.97 Å². The number of halogens is 1. The molecule has 1 aliphatic carbocycles. The van der Waals surface area contributed by atoms with Gasteiger partial charge in [0, 0.05) is 34.2 Å². The number of esters is 1. The predicted octanol–water partition coefficient (Wildman–Crippen LogP) is 6.25. The maximum Gasteiger partial charge on any atom is 0.336 e. The van der Waals surface area contributed by atoms with Crippen LogP contribution in [0.1, 0.15) is 57.8 Å². The average molecular weight is 562 g/mol. The fraction of sp³-hybridized carbons (Fsp3) is 0.406. The standard InChI is InChI=1S/C32H36ClN3O4/c1-6-39-31(38)28-26(21-11-7-8-12-22(21)33)27-24(15-16-32(4,5)30(27)37)35-29(28)19(2)40-18-17-36-20(3)34-23-13-9-10-14-25(23)36/h7-14,19,26,35H,6,15-18H2,1-5H3. The molecule has 2 aromatic carbocycles. The number of ether oxygens (including phenoxy) is 2. The van der Waals surface area contributed by atoms with E-state index in [1.807, 2.05) is 70.2 Å². The molecular formula is C32H36ClN3O4. The molecule has 0 saturated heterocycles. The summed E-state index contributed by atoms with van der Waals surface area (Å²) in [5.74, 6) is -0.207. The minimum absolute atomic E-state index is 0.0167. The second kappa shape index (κ2) is 11.2. The molecule has 210 valence electrons. The monoisotopic (exact) mass is 561 g/mol. The van der Waals surface area contributed by atoms with Crippen molar-refractivity contribution in [3.05, 3.63) is 87.5 Å². The van der Waals surface area contributed by atoms with Crippen LogP contribution in [0.15, 0.2) is 71.1 Å². The van der Waals surface area contributed by atoms with Crippen LogP contribution in [0.5, 0.6) is 0 Å². The van der Waals surface area contributed by atoms with E-state index in [2.05, 4.69) is 14.9 Å². The van der Waals surface area contributed by atoms with Crippen molar-refractivity contribution in [1.29, 1.82) is 0 Å². The largest absolute Gasteiger partial charge is 0.463 e. The number of nitrogens with zero attached hydrogens (tertiary/aromatic N) is 2. The number of benzene rings is 2. The molecule has 0 saturated carbocycles. The Kier molecular flexibility index (Phi) is 7.89. The van der Waals surface area contributed by atoms with Crippen LogP contribution in [-0.2, 0) is 25.6 Å². The molecule has 1 N–H and O–H groups in total. The van der Waals surface area contributed by atoms with Gasteiger partial charge in [0.15, 0.2) is 5.78 Å². The first-order valence-corrected chi connectivity index (χ1v) is 14.3. The molecule has 2 unspecified atom stereocenters. The van der Waals surface area contributed by atoms with Crippen LogP contribution < -0.4 is 5.32 Å². The summed E-state index contributed by atoms with van der Waals surface area (Å²) in [5, 5.41) is 3.96. The fourth-order valence-electron chi connectivity index (χ4n) is 5.81. The van der Waals surface area contributed by atoms with Crippen molar-refractivity contribution in [3.8, 4) is 0 Å². The Hall–Kier alpha value is -3.42. The lowest BCUT2D eigenvalue weighted by Gasteiger charge is -2.41. The highest BCUT2D eigenvalue weighted by molar-refractivity contribution is 6.31. The van der Waals surface area contributed by atoms with Crippen molar-refractivity contribution in [2.75, 3.05) is 13.2 Å². The third-order valence-corrected chi connectivity index (χ3v) is 8.33. The summed E-state index contributed by atoms with van der Waals surface area (Å²) >= 11 is 6.72.